The Bertz CT molecular complexity index is 1310. The lowest BCUT2D eigenvalue weighted by atomic mass is 10.1. The molecule has 0 radical (unpaired) electrons. The largest absolute Gasteiger partial charge is 0.497 e. The normalized spacial score (nSPS) is 11.1. The van der Waals surface area contributed by atoms with Gasteiger partial charge in [0.15, 0.2) is 12.4 Å². The third-order valence-corrected chi connectivity index (χ3v) is 4.93. The Morgan fingerprint density at radius 1 is 1.00 bits per heavy atom. The molecule has 1 amide bonds. The molecule has 1 heterocycles. The molecule has 0 saturated heterocycles. The van der Waals surface area contributed by atoms with Crippen LogP contribution < -0.4 is 29.1 Å². The van der Waals surface area contributed by atoms with Gasteiger partial charge in [-0.05, 0) is 24.3 Å². The molecule has 1 aromatic heterocycles. The first kappa shape index (κ1) is 22.9. The molecule has 0 aliphatic heterocycles. The van der Waals surface area contributed by atoms with Crippen molar-refractivity contribution in [3.8, 4) is 34.3 Å². The van der Waals surface area contributed by atoms with Gasteiger partial charge in [0.2, 0.25) is 21.2 Å². The molecular formula is C21H21NO9S. The van der Waals surface area contributed by atoms with Crippen LogP contribution in [0.4, 0.5) is 0 Å². The SMILES string of the molecule is COc1ccc(-c2oc3cc(OCC(=O)NS(C)(=O)=O)cc(OC)c3c(=O)c2OC)cc1. The monoisotopic (exact) mass is 463 g/mol. The molecule has 10 nitrogen and oxygen atoms in total. The molecule has 0 bridgehead atoms. The van der Waals surface area contributed by atoms with Gasteiger partial charge < -0.3 is 23.4 Å². The molecule has 2 aromatic carbocycles. The maximum Gasteiger partial charge on any atom is 0.271 e. The van der Waals surface area contributed by atoms with Crippen molar-refractivity contribution in [3.63, 3.8) is 0 Å². The fourth-order valence-corrected chi connectivity index (χ4v) is 3.46. The summed E-state index contributed by atoms with van der Waals surface area (Å²) < 4.78 is 51.2. The van der Waals surface area contributed by atoms with E-state index in [1.54, 1.807) is 29.0 Å². The maximum absolute atomic E-state index is 13.1. The van der Waals surface area contributed by atoms with Gasteiger partial charge in [0.1, 0.15) is 28.2 Å². The number of fused-ring (bicyclic) bond motifs is 1. The lowest BCUT2D eigenvalue weighted by molar-refractivity contribution is -0.121. The number of carbonyl (C=O) groups excluding carboxylic acids is 1. The summed E-state index contributed by atoms with van der Waals surface area (Å²) >= 11 is 0. The van der Waals surface area contributed by atoms with E-state index in [1.807, 2.05) is 0 Å². The van der Waals surface area contributed by atoms with Crippen molar-refractivity contribution in [3.05, 3.63) is 46.6 Å². The second kappa shape index (κ2) is 9.18. The number of sulfonamides is 1. The van der Waals surface area contributed by atoms with E-state index in [4.69, 9.17) is 23.4 Å². The topological polar surface area (TPSA) is 130 Å². The summed E-state index contributed by atoms with van der Waals surface area (Å²) in [7, 11) is 0.537. The summed E-state index contributed by atoms with van der Waals surface area (Å²) in [6.07, 6.45) is 0.854. The van der Waals surface area contributed by atoms with E-state index in [-0.39, 0.29) is 34.0 Å². The van der Waals surface area contributed by atoms with E-state index in [0.29, 0.717) is 11.3 Å². The van der Waals surface area contributed by atoms with Crippen LogP contribution >= 0.6 is 0 Å². The Labute approximate surface area is 183 Å². The van der Waals surface area contributed by atoms with Gasteiger partial charge in [-0.1, -0.05) is 0 Å². The van der Waals surface area contributed by atoms with Gasteiger partial charge in [0.05, 0.1) is 27.6 Å². The number of hydrogen-bond donors (Lipinski definition) is 1. The van der Waals surface area contributed by atoms with E-state index in [0.717, 1.165) is 6.26 Å². The van der Waals surface area contributed by atoms with Gasteiger partial charge in [0.25, 0.3) is 5.91 Å². The average molecular weight is 463 g/mol. The Kier molecular flexibility index (Phi) is 6.58. The molecular weight excluding hydrogens is 442 g/mol. The van der Waals surface area contributed by atoms with Gasteiger partial charge in [-0.3, -0.25) is 14.3 Å². The molecule has 0 aliphatic carbocycles. The minimum atomic E-state index is -3.72. The van der Waals surface area contributed by atoms with Crippen molar-refractivity contribution in [2.24, 2.45) is 0 Å². The number of ether oxygens (including phenoxy) is 4. The van der Waals surface area contributed by atoms with Crippen molar-refractivity contribution in [1.29, 1.82) is 0 Å². The third kappa shape index (κ3) is 4.94. The van der Waals surface area contributed by atoms with E-state index in [9.17, 15) is 18.0 Å². The maximum atomic E-state index is 13.1. The van der Waals surface area contributed by atoms with Gasteiger partial charge in [-0.2, -0.15) is 0 Å². The third-order valence-electron chi connectivity index (χ3n) is 4.34. The Hall–Kier alpha value is -3.73. The summed E-state index contributed by atoms with van der Waals surface area (Å²) in [5.74, 6) is 0.201. The summed E-state index contributed by atoms with van der Waals surface area (Å²) in [6.45, 7) is -0.576. The molecule has 170 valence electrons. The van der Waals surface area contributed by atoms with E-state index in [2.05, 4.69) is 0 Å². The van der Waals surface area contributed by atoms with Gasteiger partial charge in [-0.25, -0.2) is 8.42 Å². The lowest BCUT2D eigenvalue weighted by Gasteiger charge is -2.13. The lowest BCUT2D eigenvalue weighted by Crippen LogP contribution is -2.33. The molecule has 0 unspecified atom stereocenters. The zero-order chi connectivity index (χ0) is 23.5. The predicted molar refractivity (Wildman–Crippen MR) is 116 cm³/mol. The molecule has 0 fully saturated rings. The number of methoxy groups -OCH3 is 3. The van der Waals surface area contributed by atoms with Crippen molar-refractivity contribution >= 4 is 26.9 Å². The number of rotatable bonds is 8. The minimum absolute atomic E-state index is 0.0119. The van der Waals surface area contributed by atoms with Crippen LogP contribution in [0.15, 0.2) is 45.6 Å². The van der Waals surface area contributed by atoms with Gasteiger partial charge >= 0.3 is 0 Å². The fraction of sp³-hybridized carbons (Fsp3) is 0.238. The number of carbonyl (C=O) groups is 1. The number of benzene rings is 2. The molecule has 3 rings (SSSR count). The highest BCUT2D eigenvalue weighted by Gasteiger charge is 2.21. The van der Waals surface area contributed by atoms with E-state index >= 15 is 0 Å². The highest BCUT2D eigenvalue weighted by molar-refractivity contribution is 7.89. The van der Waals surface area contributed by atoms with Crippen molar-refractivity contribution in [2.75, 3.05) is 34.2 Å². The molecule has 3 aromatic rings. The number of hydrogen-bond acceptors (Lipinski definition) is 9. The second-order valence-corrected chi connectivity index (χ2v) is 8.36. The Morgan fingerprint density at radius 3 is 2.25 bits per heavy atom. The van der Waals surface area contributed by atoms with Crippen LogP contribution in [-0.4, -0.2) is 48.5 Å². The molecule has 0 spiro atoms. The van der Waals surface area contributed by atoms with Crippen LogP contribution in [0.1, 0.15) is 0 Å². The van der Waals surface area contributed by atoms with Gasteiger partial charge in [0, 0.05) is 17.7 Å². The van der Waals surface area contributed by atoms with Crippen LogP contribution in [0.3, 0.4) is 0 Å². The zero-order valence-corrected chi connectivity index (χ0v) is 18.6. The van der Waals surface area contributed by atoms with Crippen LogP contribution in [-0.2, 0) is 14.8 Å². The van der Waals surface area contributed by atoms with Gasteiger partial charge in [-0.15, -0.1) is 0 Å². The molecule has 0 saturated carbocycles. The molecule has 0 aliphatic rings. The second-order valence-electron chi connectivity index (χ2n) is 6.61. The first-order valence-corrected chi connectivity index (χ1v) is 11.1. The smallest absolute Gasteiger partial charge is 0.271 e. The standard InChI is InChI=1S/C21H21NO9S/c1-27-13-7-5-12(6-8-13)20-21(29-3)19(24)18-15(28-2)9-14(10-16(18)31-20)30-11-17(23)22-32(4,25)26/h5-10H,11H2,1-4H3,(H,22,23). The highest BCUT2D eigenvalue weighted by atomic mass is 32.2. The first-order chi connectivity index (χ1) is 15.2. The fourth-order valence-electron chi connectivity index (χ4n) is 2.99. The summed E-state index contributed by atoms with van der Waals surface area (Å²) in [6, 6.07) is 9.62. The zero-order valence-electron chi connectivity index (χ0n) is 17.8. The predicted octanol–water partition coefficient (Wildman–Crippen LogP) is 1.94. The number of amides is 1. The van der Waals surface area contributed by atoms with Crippen LogP contribution in [0.5, 0.6) is 23.0 Å². The Balaban J connectivity index is 2.09. The summed E-state index contributed by atoms with van der Waals surface area (Å²) in [4.78, 5) is 24.9. The van der Waals surface area contributed by atoms with Crippen LogP contribution in [0, 0.1) is 0 Å². The molecule has 11 heteroatoms. The quantitative estimate of drug-likeness (QED) is 0.532. The van der Waals surface area contributed by atoms with E-state index in [1.165, 1.54) is 33.5 Å². The van der Waals surface area contributed by atoms with Crippen molar-refractivity contribution in [2.45, 2.75) is 0 Å². The van der Waals surface area contributed by atoms with Crippen LogP contribution in [0.25, 0.3) is 22.3 Å². The average Bonchev–Trinajstić information content (AvgIpc) is 2.75. The number of nitrogens with one attached hydrogen (secondary N) is 1. The van der Waals surface area contributed by atoms with Crippen LogP contribution in [0.2, 0.25) is 0 Å². The van der Waals surface area contributed by atoms with E-state index < -0.39 is 28.0 Å². The molecule has 1 N–H and O–H groups in total. The minimum Gasteiger partial charge on any atom is -0.497 e. The first-order valence-electron chi connectivity index (χ1n) is 9.17. The molecule has 0 atom stereocenters. The highest BCUT2D eigenvalue weighted by Crippen LogP contribution is 2.36. The molecule has 32 heavy (non-hydrogen) atoms. The Morgan fingerprint density at radius 2 is 1.69 bits per heavy atom. The summed E-state index contributed by atoms with van der Waals surface area (Å²) in [5.41, 5.74) is 0.233. The summed E-state index contributed by atoms with van der Waals surface area (Å²) in [5, 5.41) is 0.120. The van der Waals surface area contributed by atoms with Crippen molar-refractivity contribution < 1.29 is 36.6 Å². The van der Waals surface area contributed by atoms with Crippen molar-refractivity contribution in [1.82, 2.24) is 4.72 Å².